The maximum atomic E-state index is 13.4. The first-order valence-corrected chi connectivity index (χ1v) is 8.80. The van der Waals surface area contributed by atoms with E-state index in [4.69, 9.17) is 9.57 Å². The van der Waals surface area contributed by atoms with Crippen LogP contribution >= 0.6 is 0 Å². The highest BCUT2D eigenvalue weighted by Gasteiger charge is 2.41. The number of ether oxygens (including phenoxy) is 1. The zero-order valence-electron chi connectivity index (χ0n) is 14.9. The fraction of sp³-hybridized carbons (Fsp3) is 0.130. The summed E-state index contributed by atoms with van der Waals surface area (Å²) in [5.74, 6) is 0.242. The molecule has 0 spiro atoms. The predicted molar refractivity (Wildman–Crippen MR) is 104 cm³/mol. The third-order valence-electron chi connectivity index (χ3n) is 4.72. The van der Waals surface area contributed by atoms with Crippen LogP contribution in [0.2, 0.25) is 0 Å². The van der Waals surface area contributed by atoms with Crippen molar-refractivity contribution in [1.29, 1.82) is 0 Å². The Hall–Kier alpha value is -3.40. The monoisotopic (exact) mass is 357 g/mol. The van der Waals surface area contributed by atoms with Crippen LogP contribution in [0.4, 0.5) is 0 Å². The topological polar surface area (TPSA) is 47.9 Å². The van der Waals surface area contributed by atoms with Crippen LogP contribution in [0.1, 0.15) is 27.6 Å². The largest absolute Gasteiger partial charge is 0.497 e. The SMILES string of the molecule is COc1ccc(C2ON=C(c3ccccc3)C2C(=O)c2ccccc2)cc1. The molecule has 4 rings (SSSR count). The molecule has 134 valence electrons. The molecule has 0 radical (unpaired) electrons. The van der Waals surface area contributed by atoms with Crippen LogP contribution in [0, 0.1) is 5.92 Å². The molecule has 1 aliphatic heterocycles. The first-order valence-electron chi connectivity index (χ1n) is 8.80. The number of carbonyl (C=O) groups is 1. The quantitative estimate of drug-likeness (QED) is 0.624. The van der Waals surface area contributed by atoms with E-state index in [9.17, 15) is 4.79 Å². The van der Waals surface area contributed by atoms with Crippen LogP contribution in [0.5, 0.6) is 5.75 Å². The van der Waals surface area contributed by atoms with Gasteiger partial charge in [0.25, 0.3) is 0 Å². The van der Waals surface area contributed by atoms with Crippen LogP contribution < -0.4 is 4.74 Å². The van der Waals surface area contributed by atoms with Crippen molar-refractivity contribution in [3.05, 3.63) is 102 Å². The van der Waals surface area contributed by atoms with Gasteiger partial charge in [0, 0.05) is 11.1 Å². The molecule has 0 saturated carbocycles. The minimum atomic E-state index is -0.511. The summed E-state index contributed by atoms with van der Waals surface area (Å²) in [4.78, 5) is 19.1. The van der Waals surface area contributed by atoms with Gasteiger partial charge in [-0.05, 0) is 17.7 Å². The molecule has 0 aliphatic carbocycles. The van der Waals surface area contributed by atoms with Crippen molar-refractivity contribution in [2.75, 3.05) is 7.11 Å². The number of methoxy groups -OCH3 is 1. The molecule has 3 aromatic carbocycles. The summed E-state index contributed by atoms with van der Waals surface area (Å²) in [6, 6.07) is 26.5. The molecule has 2 unspecified atom stereocenters. The van der Waals surface area contributed by atoms with Crippen LogP contribution in [0.15, 0.2) is 90.1 Å². The predicted octanol–water partition coefficient (Wildman–Crippen LogP) is 4.67. The lowest BCUT2D eigenvalue weighted by Gasteiger charge is -2.19. The van der Waals surface area contributed by atoms with Crippen LogP contribution in [0.25, 0.3) is 0 Å². The minimum absolute atomic E-state index is 0.00322. The molecule has 1 aliphatic rings. The Morgan fingerprint density at radius 2 is 1.52 bits per heavy atom. The Morgan fingerprint density at radius 3 is 2.15 bits per heavy atom. The van der Waals surface area contributed by atoms with E-state index in [-0.39, 0.29) is 5.78 Å². The molecule has 0 N–H and O–H groups in total. The maximum Gasteiger partial charge on any atom is 0.176 e. The summed E-state index contributed by atoms with van der Waals surface area (Å²) in [5, 5.41) is 4.30. The first kappa shape index (κ1) is 17.0. The van der Waals surface area contributed by atoms with Gasteiger partial charge in [-0.15, -0.1) is 0 Å². The second-order valence-electron chi connectivity index (χ2n) is 6.35. The number of hydrogen-bond acceptors (Lipinski definition) is 4. The van der Waals surface area contributed by atoms with E-state index in [1.165, 1.54) is 0 Å². The molecular formula is C23H19NO3. The van der Waals surface area contributed by atoms with Crippen molar-refractivity contribution in [1.82, 2.24) is 0 Å². The normalized spacial score (nSPS) is 18.5. The third-order valence-corrected chi connectivity index (χ3v) is 4.72. The molecule has 3 aromatic rings. The minimum Gasteiger partial charge on any atom is -0.497 e. The first-order chi connectivity index (χ1) is 13.3. The molecule has 4 heteroatoms. The van der Waals surface area contributed by atoms with Gasteiger partial charge in [0.15, 0.2) is 11.9 Å². The molecule has 27 heavy (non-hydrogen) atoms. The Kier molecular flexibility index (Phi) is 4.71. The summed E-state index contributed by atoms with van der Waals surface area (Å²) >= 11 is 0. The summed E-state index contributed by atoms with van der Waals surface area (Å²) in [5.41, 5.74) is 3.09. The molecular weight excluding hydrogens is 338 g/mol. The Balaban J connectivity index is 1.74. The standard InChI is InChI=1S/C23H19NO3/c1-26-19-14-12-18(13-15-19)23-20(22(25)17-10-6-3-7-11-17)21(24-27-23)16-8-4-2-5-9-16/h2-15,20,23H,1H3. The Labute approximate surface area is 158 Å². The zero-order chi connectivity index (χ0) is 18.6. The fourth-order valence-electron chi connectivity index (χ4n) is 3.31. The van der Waals surface area contributed by atoms with E-state index in [1.54, 1.807) is 7.11 Å². The second kappa shape index (κ2) is 7.46. The molecule has 0 saturated heterocycles. The van der Waals surface area contributed by atoms with Gasteiger partial charge in [-0.3, -0.25) is 4.79 Å². The van der Waals surface area contributed by atoms with Crippen molar-refractivity contribution in [2.24, 2.45) is 11.1 Å². The molecule has 0 bridgehead atoms. The number of rotatable bonds is 5. The molecule has 1 heterocycles. The third kappa shape index (κ3) is 3.34. The van der Waals surface area contributed by atoms with Gasteiger partial charge in [-0.1, -0.05) is 78.0 Å². The Bertz CT molecular complexity index is 950. The van der Waals surface area contributed by atoms with Gasteiger partial charge < -0.3 is 9.57 Å². The number of carbonyl (C=O) groups excluding carboxylic acids is 1. The van der Waals surface area contributed by atoms with Gasteiger partial charge in [0.05, 0.1) is 7.11 Å². The summed E-state index contributed by atoms with van der Waals surface area (Å²) < 4.78 is 5.23. The lowest BCUT2D eigenvalue weighted by molar-refractivity contribution is 0.0533. The van der Waals surface area contributed by atoms with Gasteiger partial charge in [-0.2, -0.15) is 0 Å². The van der Waals surface area contributed by atoms with E-state index >= 15 is 0 Å². The van der Waals surface area contributed by atoms with E-state index in [2.05, 4.69) is 5.16 Å². The van der Waals surface area contributed by atoms with Gasteiger partial charge in [0.2, 0.25) is 0 Å². The lowest BCUT2D eigenvalue weighted by atomic mass is 9.83. The van der Waals surface area contributed by atoms with Gasteiger partial charge >= 0.3 is 0 Å². The zero-order valence-corrected chi connectivity index (χ0v) is 14.9. The van der Waals surface area contributed by atoms with Crippen molar-refractivity contribution in [3.8, 4) is 5.75 Å². The highest BCUT2D eigenvalue weighted by Crippen LogP contribution is 2.37. The molecule has 0 amide bonds. The van der Waals surface area contributed by atoms with Crippen molar-refractivity contribution in [3.63, 3.8) is 0 Å². The van der Waals surface area contributed by atoms with E-state index in [0.29, 0.717) is 11.3 Å². The van der Waals surface area contributed by atoms with Crippen LogP contribution in [-0.4, -0.2) is 18.6 Å². The summed E-state index contributed by atoms with van der Waals surface area (Å²) in [7, 11) is 1.62. The second-order valence-corrected chi connectivity index (χ2v) is 6.35. The van der Waals surface area contributed by atoms with E-state index in [0.717, 1.165) is 16.9 Å². The average Bonchev–Trinajstić information content (AvgIpc) is 3.19. The highest BCUT2D eigenvalue weighted by atomic mass is 16.6. The number of Topliss-reactive ketones (excluding diaryl/α,β-unsaturated/α-hetero) is 1. The average molecular weight is 357 g/mol. The van der Waals surface area contributed by atoms with Gasteiger partial charge in [-0.25, -0.2) is 0 Å². The number of benzene rings is 3. The summed E-state index contributed by atoms with van der Waals surface area (Å²) in [6.45, 7) is 0. The van der Waals surface area contributed by atoms with E-state index in [1.807, 2.05) is 84.9 Å². The van der Waals surface area contributed by atoms with Crippen molar-refractivity contribution < 1.29 is 14.4 Å². The Morgan fingerprint density at radius 1 is 0.889 bits per heavy atom. The van der Waals surface area contributed by atoms with Gasteiger partial charge in [0.1, 0.15) is 17.4 Å². The molecule has 0 fully saturated rings. The molecule has 2 atom stereocenters. The summed E-state index contributed by atoms with van der Waals surface area (Å²) in [6.07, 6.45) is -0.473. The van der Waals surface area contributed by atoms with Crippen LogP contribution in [0.3, 0.4) is 0 Å². The van der Waals surface area contributed by atoms with E-state index < -0.39 is 12.0 Å². The fourth-order valence-corrected chi connectivity index (χ4v) is 3.31. The lowest BCUT2D eigenvalue weighted by Crippen LogP contribution is -2.27. The molecule has 4 nitrogen and oxygen atoms in total. The van der Waals surface area contributed by atoms with Crippen molar-refractivity contribution in [2.45, 2.75) is 6.10 Å². The number of ketones is 1. The molecule has 0 aromatic heterocycles. The number of nitrogens with zero attached hydrogens (tertiary/aromatic N) is 1. The number of oxime groups is 1. The smallest absolute Gasteiger partial charge is 0.176 e. The highest BCUT2D eigenvalue weighted by molar-refractivity contribution is 6.19. The van der Waals surface area contributed by atoms with Crippen molar-refractivity contribution >= 4 is 11.5 Å². The number of hydrogen-bond donors (Lipinski definition) is 0. The maximum absolute atomic E-state index is 13.4. The van der Waals surface area contributed by atoms with Crippen LogP contribution in [-0.2, 0) is 4.84 Å².